The van der Waals surface area contributed by atoms with Crippen molar-refractivity contribution in [3.63, 3.8) is 0 Å². The molecule has 0 spiro atoms. The molecule has 0 amide bonds. The first-order valence-electron chi connectivity index (χ1n) is 6.81. The van der Waals surface area contributed by atoms with Gasteiger partial charge in [-0.2, -0.15) is 0 Å². The number of hydrogen-bond acceptors (Lipinski definition) is 3. The number of halogens is 2. The Balaban J connectivity index is 2.24. The summed E-state index contributed by atoms with van der Waals surface area (Å²) in [4.78, 5) is 4.30. The van der Waals surface area contributed by atoms with Gasteiger partial charge in [-0.15, -0.1) is 0 Å². The van der Waals surface area contributed by atoms with Crippen LogP contribution in [0, 0.1) is 13.8 Å². The van der Waals surface area contributed by atoms with E-state index in [1.54, 1.807) is 6.20 Å². The third-order valence-electron chi connectivity index (χ3n) is 3.07. The van der Waals surface area contributed by atoms with Gasteiger partial charge in [-0.05, 0) is 55.3 Å². The second-order valence-electron chi connectivity index (χ2n) is 4.88. The lowest BCUT2D eigenvalue weighted by atomic mass is 10.1. The van der Waals surface area contributed by atoms with E-state index < -0.39 is 0 Å². The van der Waals surface area contributed by atoms with E-state index in [0.29, 0.717) is 15.9 Å². The molecule has 0 fully saturated rings. The summed E-state index contributed by atoms with van der Waals surface area (Å²) in [5, 5.41) is 4.42. The second kappa shape index (κ2) is 7.12. The smallest absolute Gasteiger partial charge is 0.238 e. The van der Waals surface area contributed by atoms with Crippen LogP contribution in [-0.2, 0) is 6.54 Å². The topological polar surface area (TPSA) is 34.2 Å². The van der Waals surface area contributed by atoms with Crippen LogP contribution in [0.2, 0.25) is 10.0 Å². The summed E-state index contributed by atoms with van der Waals surface area (Å²) in [6.07, 6.45) is 1.77. The minimum absolute atomic E-state index is 0.408. The fraction of sp³-hybridized carbons (Fsp3) is 0.312. The first-order chi connectivity index (χ1) is 10.0. The van der Waals surface area contributed by atoms with E-state index in [-0.39, 0.29) is 0 Å². The van der Waals surface area contributed by atoms with Crippen molar-refractivity contribution in [2.45, 2.75) is 27.3 Å². The molecular formula is C16H18Cl2N2O. The lowest BCUT2D eigenvalue weighted by Crippen LogP contribution is -2.11. The summed E-state index contributed by atoms with van der Waals surface area (Å²) in [6, 6.07) is 5.59. The number of hydrogen-bond donors (Lipinski definition) is 1. The summed E-state index contributed by atoms with van der Waals surface area (Å²) < 4.78 is 5.86. The van der Waals surface area contributed by atoms with Gasteiger partial charge >= 0.3 is 0 Å². The minimum Gasteiger partial charge on any atom is -0.437 e. The van der Waals surface area contributed by atoms with E-state index in [2.05, 4.69) is 17.2 Å². The van der Waals surface area contributed by atoms with Crippen LogP contribution in [0.1, 0.15) is 23.6 Å². The Hall–Kier alpha value is -1.29. The molecule has 1 aromatic heterocycles. The van der Waals surface area contributed by atoms with Crippen molar-refractivity contribution < 1.29 is 4.74 Å². The quantitative estimate of drug-likeness (QED) is 0.848. The maximum absolute atomic E-state index is 6.25. The minimum atomic E-state index is 0.408. The van der Waals surface area contributed by atoms with Gasteiger partial charge in [0.1, 0.15) is 10.8 Å². The summed E-state index contributed by atoms with van der Waals surface area (Å²) in [5.41, 5.74) is 2.93. The van der Waals surface area contributed by atoms with Crippen molar-refractivity contribution in [2.24, 2.45) is 0 Å². The van der Waals surface area contributed by atoms with Crippen LogP contribution in [0.25, 0.3) is 0 Å². The maximum atomic E-state index is 6.25. The molecule has 1 heterocycles. The molecule has 0 atom stereocenters. The van der Waals surface area contributed by atoms with Gasteiger partial charge in [-0.3, -0.25) is 0 Å². The molecule has 0 saturated carbocycles. The number of pyridine rings is 1. The Morgan fingerprint density at radius 3 is 2.38 bits per heavy atom. The highest BCUT2D eigenvalue weighted by Crippen LogP contribution is 2.33. The number of nitrogens with zero attached hydrogens (tertiary/aromatic N) is 1. The van der Waals surface area contributed by atoms with Crippen molar-refractivity contribution in [2.75, 3.05) is 6.54 Å². The number of benzene rings is 1. The first kappa shape index (κ1) is 16.1. The van der Waals surface area contributed by atoms with Crippen LogP contribution >= 0.6 is 23.2 Å². The SMILES string of the molecule is CCNCc1cnc(Oc2c(C)cc(Cl)cc2C)c(Cl)c1. The fourth-order valence-electron chi connectivity index (χ4n) is 2.06. The highest BCUT2D eigenvalue weighted by Gasteiger charge is 2.11. The lowest BCUT2D eigenvalue weighted by molar-refractivity contribution is 0.455. The largest absolute Gasteiger partial charge is 0.437 e. The zero-order valence-corrected chi connectivity index (χ0v) is 13.8. The predicted molar refractivity (Wildman–Crippen MR) is 87.6 cm³/mol. The van der Waals surface area contributed by atoms with Gasteiger partial charge in [0.05, 0.1) is 0 Å². The molecule has 5 heteroatoms. The normalized spacial score (nSPS) is 10.7. The zero-order chi connectivity index (χ0) is 15.4. The monoisotopic (exact) mass is 324 g/mol. The second-order valence-corrected chi connectivity index (χ2v) is 5.73. The van der Waals surface area contributed by atoms with Crippen LogP contribution in [-0.4, -0.2) is 11.5 Å². The van der Waals surface area contributed by atoms with Gasteiger partial charge < -0.3 is 10.1 Å². The first-order valence-corrected chi connectivity index (χ1v) is 7.56. The number of aryl methyl sites for hydroxylation is 2. The molecule has 0 aliphatic carbocycles. The molecule has 112 valence electrons. The molecule has 2 rings (SSSR count). The van der Waals surface area contributed by atoms with Crippen molar-refractivity contribution >= 4 is 23.2 Å². The highest BCUT2D eigenvalue weighted by atomic mass is 35.5. The molecule has 2 aromatic rings. The zero-order valence-electron chi connectivity index (χ0n) is 12.3. The Morgan fingerprint density at radius 2 is 1.81 bits per heavy atom. The average molecular weight is 325 g/mol. The molecular weight excluding hydrogens is 307 g/mol. The maximum Gasteiger partial charge on any atom is 0.238 e. The van der Waals surface area contributed by atoms with Crippen molar-refractivity contribution in [1.29, 1.82) is 0 Å². The standard InChI is InChI=1S/C16H18Cl2N2O/c1-4-19-8-12-7-14(18)16(20-9-12)21-15-10(2)5-13(17)6-11(15)3/h5-7,9,19H,4,8H2,1-3H3. The summed E-state index contributed by atoms with van der Waals surface area (Å²) in [7, 11) is 0. The molecule has 0 bridgehead atoms. The van der Waals surface area contributed by atoms with E-state index >= 15 is 0 Å². The van der Waals surface area contributed by atoms with Crippen LogP contribution in [0.4, 0.5) is 0 Å². The molecule has 0 radical (unpaired) electrons. The van der Waals surface area contributed by atoms with Crippen LogP contribution in [0.15, 0.2) is 24.4 Å². The average Bonchev–Trinajstić information content (AvgIpc) is 2.42. The molecule has 0 aliphatic heterocycles. The van der Waals surface area contributed by atoms with Crippen molar-refractivity contribution in [3.8, 4) is 11.6 Å². The summed E-state index contributed by atoms with van der Waals surface area (Å²) >= 11 is 12.3. The predicted octanol–water partition coefficient (Wildman–Crippen LogP) is 4.91. The number of rotatable bonds is 5. The van der Waals surface area contributed by atoms with Crippen LogP contribution in [0.3, 0.4) is 0 Å². The van der Waals surface area contributed by atoms with Gasteiger partial charge in [-0.1, -0.05) is 30.1 Å². The van der Waals surface area contributed by atoms with E-state index in [0.717, 1.165) is 35.5 Å². The van der Waals surface area contributed by atoms with Crippen molar-refractivity contribution in [3.05, 3.63) is 51.1 Å². The van der Waals surface area contributed by atoms with E-state index in [4.69, 9.17) is 27.9 Å². The molecule has 21 heavy (non-hydrogen) atoms. The molecule has 0 unspecified atom stereocenters. The Kier molecular flexibility index (Phi) is 5.45. The highest BCUT2D eigenvalue weighted by molar-refractivity contribution is 6.32. The Bertz CT molecular complexity index is 621. The van der Waals surface area contributed by atoms with Crippen LogP contribution in [0.5, 0.6) is 11.6 Å². The van der Waals surface area contributed by atoms with Gasteiger partial charge in [0, 0.05) is 17.8 Å². The Labute approximate surface area is 135 Å². The van der Waals surface area contributed by atoms with Gasteiger partial charge in [-0.25, -0.2) is 4.98 Å². The summed E-state index contributed by atoms with van der Waals surface area (Å²) in [5.74, 6) is 1.15. The van der Waals surface area contributed by atoms with E-state index in [1.165, 1.54) is 0 Å². The molecule has 3 nitrogen and oxygen atoms in total. The van der Waals surface area contributed by atoms with Gasteiger partial charge in [0.25, 0.3) is 0 Å². The third-order valence-corrected chi connectivity index (χ3v) is 3.56. The number of aromatic nitrogens is 1. The van der Waals surface area contributed by atoms with E-state index in [1.807, 2.05) is 32.0 Å². The lowest BCUT2D eigenvalue weighted by Gasteiger charge is -2.13. The van der Waals surface area contributed by atoms with Crippen molar-refractivity contribution in [1.82, 2.24) is 10.3 Å². The summed E-state index contributed by atoms with van der Waals surface area (Å²) in [6.45, 7) is 7.59. The van der Waals surface area contributed by atoms with E-state index in [9.17, 15) is 0 Å². The fourth-order valence-corrected chi connectivity index (χ4v) is 2.62. The van der Waals surface area contributed by atoms with Crippen LogP contribution < -0.4 is 10.1 Å². The number of ether oxygens (including phenoxy) is 1. The molecule has 1 N–H and O–H groups in total. The van der Waals surface area contributed by atoms with Gasteiger partial charge in [0.15, 0.2) is 0 Å². The Morgan fingerprint density at radius 1 is 1.14 bits per heavy atom. The molecule has 1 aromatic carbocycles. The molecule has 0 aliphatic rings. The molecule has 0 saturated heterocycles. The third kappa shape index (κ3) is 4.10. The number of nitrogens with one attached hydrogen (secondary N) is 1. The van der Waals surface area contributed by atoms with Gasteiger partial charge in [0.2, 0.25) is 5.88 Å².